The second-order valence-corrected chi connectivity index (χ2v) is 5.74. The standard InChI is InChI=1S/C18H12N4O5/c1-10-16-13(17(23)19-11-4-6-12(7-5-11)22(24)25)9-14(15-3-2-8-26-15)20-18(16)27-21-10/h2-9H,1H3,(H,19,23). The Bertz CT molecular complexity index is 1150. The van der Waals surface area contributed by atoms with Gasteiger partial charge in [-0.3, -0.25) is 14.9 Å². The number of nitro groups is 1. The van der Waals surface area contributed by atoms with Crippen molar-refractivity contribution in [3.8, 4) is 11.5 Å². The third-order valence-electron chi connectivity index (χ3n) is 3.97. The number of hydrogen-bond acceptors (Lipinski definition) is 7. The Labute approximate surface area is 151 Å². The zero-order valence-corrected chi connectivity index (χ0v) is 14.0. The van der Waals surface area contributed by atoms with Gasteiger partial charge in [-0.1, -0.05) is 5.16 Å². The Morgan fingerprint density at radius 2 is 2.00 bits per heavy atom. The molecular formula is C18H12N4O5. The fraction of sp³-hybridized carbons (Fsp3) is 0.0556. The maximum Gasteiger partial charge on any atom is 0.269 e. The average Bonchev–Trinajstić information content (AvgIpc) is 3.32. The molecule has 3 aromatic heterocycles. The van der Waals surface area contributed by atoms with Crippen molar-refractivity contribution in [1.82, 2.24) is 10.1 Å². The number of nitro benzene ring substituents is 1. The molecule has 3 heterocycles. The van der Waals surface area contributed by atoms with Crippen LogP contribution < -0.4 is 5.32 Å². The van der Waals surface area contributed by atoms with Crippen LogP contribution in [-0.4, -0.2) is 21.0 Å². The lowest BCUT2D eigenvalue weighted by Crippen LogP contribution is -2.13. The average molecular weight is 364 g/mol. The van der Waals surface area contributed by atoms with Crippen molar-refractivity contribution in [2.24, 2.45) is 0 Å². The van der Waals surface area contributed by atoms with E-state index in [2.05, 4.69) is 15.5 Å². The molecule has 1 aromatic carbocycles. The smallest absolute Gasteiger partial charge is 0.269 e. The first-order valence-corrected chi connectivity index (χ1v) is 7.89. The summed E-state index contributed by atoms with van der Waals surface area (Å²) >= 11 is 0. The quantitative estimate of drug-likeness (QED) is 0.429. The molecule has 0 saturated heterocycles. The fourth-order valence-corrected chi connectivity index (χ4v) is 2.69. The first kappa shape index (κ1) is 16.5. The van der Waals surface area contributed by atoms with Gasteiger partial charge in [-0.15, -0.1) is 0 Å². The monoisotopic (exact) mass is 364 g/mol. The van der Waals surface area contributed by atoms with E-state index in [4.69, 9.17) is 8.94 Å². The molecule has 1 N–H and O–H groups in total. The van der Waals surface area contributed by atoms with Gasteiger partial charge in [0.25, 0.3) is 17.3 Å². The summed E-state index contributed by atoms with van der Waals surface area (Å²) in [6.45, 7) is 1.71. The molecule has 0 aliphatic carbocycles. The minimum atomic E-state index is -0.506. The molecule has 0 unspecified atom stereocenters. The van der Waals surface area contributed by atoms with Gasteiger partial charge in [0.05, 0.1) is 27.8 Å². The number of benzene rings is 1. The number of fused-ring (bicyclic) bond motifs is 1. The van der Waals surface area contributed by atoms with Crippen molar-refractivity contribution < 1.29 is 18.7 Å². The number of carbonyl (C=O) groups is 1. The van der Waals surface area contributed by atoms with Gasteiger partial charge in [-0.05, 0) is 37.3 Å². The lowest BCUT2D eigenvalue weighted by molar-refractivity contribution is -0.384. The van der Waals surface area contributed by atoms with E-state index in [0.29, 0.717) is 33.8 Å². The first-order valence-electron chi connectivity index (χ1n) is 7.89. The number of anilines is 1. The minimum Gasteiger partial charge on any atom is -0.463 e. The zero-order chi connectivity index (χ0) is 19.0. The second kappa shape index (κ2) is 6.37. The fourth-order valence-electron chi connectivity index (χ4n) is 2.69. The van der Waals surface area contributed by atoms with Gasteiger partial charge in [-0.25, -0.2) is 4.98 Å². The van der Waals surface area contributed by atoms with E-state index in [1.54, 1.807) is 25.1 Å². The summed E-state index contributed by atoms with van der Waals surface area (Å²) in [5.41, 5.74) is 1.84. The van der Waals surface area contributed by atoms with Crippen molar-refractivity contribution in [3.63, 3.8) is 0 Å². The number of carbonyl (C=O) groups excluding carboxylic acids is 1. The van der Waals surface area contributed by atoms with E-state index in [1.165, 1.54) is 30.5 Å². The molecule has 9 heteroatoms. The molecule has 0 saturated carbocycles. The molecule has 0 atom stereocenters. The Kier molecular flexibility index (Phi) is 3.88. The third kappa shape index (κ3) is 3.01. The second-order valence-electron chi connectivity index (χ2n) is 5.74. The summed E-state index contributed by atoms with van der Waals surface area (Å²) in [6.07, 6.45) is 1.50. The summed E-state index contributed by atoms with van der Waals surface area (Å²) in [5.74, 6) is 0.0608. The molecule has 0 spiro atoms. The van der Waals surface area contributed by atoms with E-state index in [0.717, 1.165) is 0 Å². The summed E-state index contributed by atoms with van der Waals surface area (Å²) in [4.78, 5) is 27.4. The molecule has 0 fully saturated rings. The Balaban J connectivity index is 1.74. The van der Waals surface area contributed by atoms with E-state index < -0.39 is 10.8 Å². The Hall–Kier alpha value is -4.01. The van der Waals surface area contributed by atoms with Crippen molar-refractivity contribution >= 4 is 28.4 Å². The number of nitrogens with one attached hydrogen (secondary N) is 1. The van der Waals surface area contributed by atoms with Gasteiger partial charge in [0.2, 0.25) is 0 Å². The SMILES string of the molecule is Cc1noc2nc(-c3ccco3)cc(C(=O)Nc3ccc([N+](=O)[O-])cc3)c12. The van der Waals surface area contributed by atoms with Crippen LogP contribution >= 0.6 is 0 Å². The van der Waals surface area contributed by atoms with Gasteiger partial charge >= 0.3 is 0 Å². The summed E-state index contributed by atoms with van der Waals surface area (Å²) < 4.78 is 10.6. The van der Waals surface area contributed by atoms with Crippen LogP contribution in [0.5, 0.6) is 0 Å². The lowest BCUT2D eigenvalue weighted by Gasteiger charge is -2.07. The van der Waals surface area contributed by atoms with Crippen LogP contribution in [-0.2, 0) is 0 Å². The number of aromatic nitrogens is 2. The molecule has 0 aliphatic heterocycles. The Morgan fingerprint density at radius 3 is 2.67 bits per heavy atom. The van der Waals surface area contributed by atoms with E-state index in [-0.39, 0.29) is 11.4 Å². The van der Waals surface area contributed by atoms with Gasteiger partial charge < -0.3 is 14.3 Å². The number of aryl methyl sites for hydroxylation is 1. The van der Waals surface area contributed by atoms with Gasteiger partial charge in [0, 0.05) is 17.8 Å². The molecule has 27 heavy (non-hydrogen) atoms. The zero-order valence-electron chi connectivity index (χ0n) is 14.0. The third-order valence-corrected chi connectivity index (χ3v) is 3.97. The predicted molar refractivity (Wildman–Crippen MR) is 95.3 cm³/mol. The van der Waals surface area contributed by atoms with Gasteiger partial charge in [0.1, 0.15) is 5.69 Å². The number of pyridine rings is 1. The molecule has 4 aromatic rings. The number of furan rings is 1. The minimum absolute atomic E-state index is 0.0608. The molecule has 0 aliphatic rings. The van der Waals surface area contributed by atoms with Crippen LogP contribution in [0.2, 0.25) is 0 Å². The molecule has 9 nitrogen and oxygen atoms in total. The van der Waals surface area contributed by atoms with Crippen LogP contribution in [0, 0.1) is 17.0 Å². The summed E-state index contributed by atoms with van der Waals surface area (Å²) in [5, 5.41) is 17.8. The molecule has 0 radical (unpaired) electrons. The largest absolute Gasteiger partial charge is 0.463 e. The van der Waals surface area contributed by atoms with Crippen LogP contribution in [0.15, 0.2) is 57.7 Å². The maximum absolute atomic E-state index is 12.8. The van der Waals surface area contributed by atoms with Crippen LogP contribution in [0.25, 0.3) is 22.6 Å². The number of hydrogen-bond donors (Lipinski definition) is 1. The molecule has 1 amide bonds. The first-order chi connectivity index (χ1) is 13.0. The van der Waals surface area contributed by atoms with E-state index in [9.17, 15) is 14.9 Å². The molecule has 0 bridgehead atoms. The Morgan fingerprint density at radius 1 is 1.22 bits per heavy atom. The molecule has 134 valence electrons. The number of rotatable bonds is 4. The van der Waals surface area contributed by atoms with Gasteiger partial charge in [-0.2, -0.15) is 0 Å². The lowest BCUT2D eigenvalue weighted by atomic mass is 10.1. The van der Waals surface area contributed by atoms with E-state index >= 15 is 0 Å². The van der Waals surface area contributed by atoms with Crippen molar-refractivity contribution in [1.29, 1.82) is 0 Å². The van der Waals surface area contributed by atoms with Crippen molar-refractivity contribution in [2.75, 3.05) is 5.32 Å². The maximum atomic E-state index is 12.8. The number of amides is 1. The van der Waals surface area contributed by atoms with Crippen molar-refractivity contribution in [3.05, 3.63) is 70.1 Å². The highest BCUT2D eigenvalue weighted by Crippen LogP contribution is 2.28. The highest BCUT2D eigenvalue weighted by molar-refractivity contribution is 6.12. The van der Waals surface area contributed by atoms with Crippen molar-refractivity contribution in [2.45, 2.75) is 6.92 Å². The highest BCUT2D eigenvalue weighted by atomic mass is 16.6. The van der Waals surface area contributed by atoms with E-state index in [1.807, 2.05) is 0 Å². The molecular weight excluding hydrogens is 352 g/mol. The predicted octanol–water partition coefficient (Wildman–Crippen LogP) is 3.95. The topological polar surface area (TPSA) is 124 Å². The number of non-ortho nitro benzene ring substituents is 1. The highest BCUT2D eigenvalue weighted by Gasteiger charge is 2.20. The van der Waals surface area contributed by atoms with Gasteiger partial charge in [0.15, 0.2) is 5.76 Å². The van der Waals surface area contributed by atoms with Crippen LogP contribution in [0.1, 0.15) is 16.1 Å². The molecule has 4 rings (SSSR count). The van der Waals surface area contributed by atoms with Crippen LogP contribution in [0.3, 0.4) is 0 Å². The normalized spacial score (nSPS) is 10.9. The summed E-state index contributed by atoms with van der Waals surface area (Å²) in [7, 11) is 0. The number of nitrogens with zero attached hydrogens (tertiary/aromatic N) is 3. The van der Waals surface area contributed by atoms with Crippen LogP contribution in [0.4, 0.5) is 11.4 Å². The summed E-state index contributed by atoms with van der Waals surface area (Å²) in [6, 6.07) is 10.6.